The van der Waals surface area contributed by atoms with E-state index in [4.69, 9.17) is 5.73 Å². The lowest BCUT2D eigenvalue weighted by Gasteiger charge is -2.03. The Bertz CT molecular complexity index is 683. The van der Waals surface area contributed by atoms with Gasteiger partial charge in [-0.1, -0.05) is 0 Å². The van der Waals surface area contributed by atoms with E-state index in [0.29, 0.717) is 0 Å². The van der Waals surface area contributed by atoms with E-state index < -0.39 is 10.7 Å². The van der Waals surface area contributed by atoms with E-state index in [9.17, 15) is 19.7 Å². The van der Waals surface area contributed by atoms with Crippen molar-refractivity contribution in [2.75, 3.05) is 5.73 Å². The quantitative estimate of drug-likeness (QED) is 0.208. The minimum absolute atomic E-state index is 0.0330. The molecule has 0 aliphatic carbocycles. The number of fused-ring (bicyclic) bond motifs is 1. The Morgan fingerprint density at radius 1 is 1.39 bits per heavy atom. The van der Waals surface area contributed by atoms with Crippen molar-refractivity contribution in [2.24, 2.45) is 0 Å². The predicted molar refractivity (Wildman–Crippen MR) is 61.0 cm³/mol. The molecule has 0 saturated carbocycles. The van der Waals surface area contributed by atoms with Crippen LogP contribution in [-0.4, -0.2) is 27.0 Å². The van der Waals surface area contributed by atoms with Gasteiger partial charge in [0.1, 0.15) is 12.0 Å². The van der Waals surface area contributed by atoms with E-state index >= 15 is 0 Å². The average Bonchev–Trinajstić information content (AvgIpc) is 2.36. The first-order valence-electron chi connectivity index (χ1n) is 4.72. The number of ketones is 1. The molecule has 1 heterocycles. The van der Waals surface area contributed by atoms with E-state index in [-0.39, 0.29) is 34.3 Å². The number of nitrogen functional groups attached to an aromatic ring is 1. The number of nitrogens with two attached hydrogens (primary N) is 1. The third-order valence-electron chi connectivity index (χ3n) is 2.28. The van der Waals surface area contributed by atoms with Crippen molar-refractivity contribution in [3.8, 4) is 0 Å². The normalized spacial score (nSPS) is 10.2. The van der Waals surface area contributed by atoms with E-state index in [1.54, 1.807) is 0 Å². The molecule has 0 aliphatic rings. The van der Waals surface area contributed by atoms with Gasteiger partial charge in [-0.3, -0.25) is 19.7 Å². The van der Waals surface area contributed by atoms with Crippen molar-refractivity contribution in [1.29, 1.82) is 0 Å². The minimum atomic E-state index is -0.887. The van der Waals surface area contributed by atoms with Crippen molar-refractivity contribution in [1.82, 2.24) is 9.97 Å². The minimum Gasteiger partial charge on any atom is -0.399 e. The van der Waals surface area contributed by atoms with Gasteiger partial charge in [-0.15, -0.1) is 0 Å². The van der Waals surface area contributed by atoms with Gasteiger partial charge < -0.3 is 5.73 Å². The number of anilines is 1. The summed E-state index contributed by atoms with van der Waals surface area (Å²) in [6, 6.07) is 2.45. The van der Waals surface area contributed by atoms with Gasteiger partial charge in [0.05, 0.1) is 4.92 Å². The molecule has 2 N–H and O–H groups in total. The molecule has 8 heteroatoms. The lowest BCUT2D eigenvalue weighted by atomic mass is 10.1. The summed E-state index contributed by atoms with van der Waals surface area (Å²) in [5.74, 6) is -0.887. The van der Waals surface area contributed by atoms with Crippen LogP contribution < -0.4 is 5.73 Å². The summed E-state index contributed by atoms with van der Waals surface area (Å²) in [6.07, 6.45) is 1.07. The lowest BCUT2D eigenvalue weighted by Crippen LogP contribution is -2.06. The Morgan fingerprint density at radius 2 is 2.11 bits per heavy atom. The number of nitro groups is 1. The topological polar surface area (TPSA) is 129 Å². The fourth-order valence-electron chi connectivity index (χ4n) is 1.56. The second-order valence-electron chi connectivity index (χ2n) is 3.40. The molecule has 0 saturated heterocycles. The maximum Gasteiger partial charge on any atom is 0.297 e. The second kappa shape index (κ2) is 4.17. The molecule has 18 heavy (non-hydrogen) atoms. The van der Waals surface area contributed by atoms with Gasteiger partial charge in [0.2, 0.25) is 5.78 Å². The smallest absolute Gasteiger partial charge is 0.297 e. The number of non-ortho nitro benzene ring substituents is 1. The summed E-state index contributed by atoms with van der Waals surface area (Å²) in [5.41, 5.74) is 5.02. The van der Waals surface area contributed by atoms with Crippen LogP contribution in [0, 0.1) is 10.1 Å². The summed E-state index contributed by atoms with van der Waals surface area (Å²) in [5, 5.41) is 10.9. The van der Waals surface area contributed by atoms with Crippen molar-refractivity contribution in [3.05, 3.63) is 34.3 Å². The van der Waals surface area contributed by atoms with E-state index in [1.807, 2.05) is 0 Å². The zero-order valence-corrected chi connectivity index (χ0v) is 8.86. The van der Waals surface area contributed by atoms with Crippen LogP contribution in [0.1, 0.15) is 10.5 Å². The number of nitrogens with zero attached hydrogens (tertiary/aromatic N) is 3. The molecule has 2 aromatic rings. The summed E-state index contributed by atoms with van der Waals surface area (Å²) < 4.78 is 0. The second-order valence-corrected chi connectivity index (χ2v) is 3.40. The molecule has 2 rings (SSSR count). The fraction of sp³-hybridized carbons (Fsp3) is 0. The largest absolute Gasteiger partial charge is 0.399 e. The van der Waals surface area contributed by atoms with Crippen molar-refractivity contribution < 1.29 is 14.5 Å². The van der Waals surface area contributed by atoms with Crippen LogP contribution in [0.15, 0.2) is 18.5 Å². The van der Waals surface area contributed by atoms with Gasteiger partial charge >= 0.3 is 0 Å². The maximum atomic E-state index is 11.4. The van der Waals surface area contributed by atoms with Gasteiger partial charge in [0, 0.05) is 17.1 Å². The van der Waals surface area contributed by atoms with Crippen LogP contribution >= 0.6 is 0 Å². The Labute approximate surface area is 99.6 Å². The first-order valence-corrected chi connectivity index (χ1v) is 4.72. The zero-order chi connectivity index (χ0) is 13.3. The van der Waals surface area contributed by atoms with Gasteiger partial charge in [-0.05, 0) is 6.07 Å². The SMILES string of the molecule is Nc1cc([N+](=O)[O-])c2ncnc(C(=O)C=O)c2c1. The summed E-state index contributed by atoms with van der Waals surface area (Å²) in [7, 11) is 0. The highest BCUT2D eigenvalue weighted by atomic mass is 16.6. The molecule has 8 nitrogen and oxygen atoms in total. The standard InChI is InChI=1S/C10H6N4O4/c11-5-1-6-9(7(2-5)14(17)18)12-4-13-10(6)8(16)3-15/h1-4H,11H2. The van der Waals surface area contributed by atoms with E-state index in [0.717, 1.165) is 12.4 Å². The summed E-state index contributed by atoms with van der Waals surface area (Å²) >= 11 is 0. The summed E-state index contributed by atoms with van der Waals surface area (Å²) in [6.45, 7) is 0. The Balaban J connectivity index is 2.90. The molecule has 0 fully saturated rings. The number of carbonyl (C=O) groups excluding carboxylic acids is 2. The number of benzene rings is 1. The maximum absolute atomic E-state index is 11.4. The van der Waals surface area contributed by atoms with Crippen molar-refractivity contribution in [2.45, 2.75) is 0 Å². The monoisotopic (exact) mass is 246 g/mol. The number of hydrogen-bond acceptors (Lipinski definition) is 7. The molecule has 0 amide bonds. The van der Waals surface area contributed by atoms with Crippen LogP contribution in [0.4, 0.5) is 11.4 Å². The molecular weight excluding hydrogens is 240 g/mol. The van der Waals surface area contributed by atoms with E-state index in [1.165, 1.54) is 6.07 Å². The highest BCUT2D eigenvalue weighted by Crippen LogP contribution is 2.28. The first kappa shape index (κ1) is 11.6. The van der Waals surface area contributed by atoms with Crippen LogP contribution in [0.2, 0.25) is 0 Å². The molecule has 1 aromatic carbocycles. The number of carbonyl (C=O) groups is 2. The number of hydrogen-bond donors (Lipinski definition) is 1. The Morgan fingerprint density at radius 3 is 2.72 bits per heavy atom. The number of aldehydes is 1. The van der Waals surface area contributed by atoms with Gasteiger partial charge in [-0.25, -0.2) is 9.97 Å². The van der Waals surface area contributed by atoms with Crippen LogP contribution in [0.5, 0.6) is 0 Å². The first-order chi connectivity index (χ1) is 8.54. The Kier molecular flexibility index (Phi) is 2.68. The molecule has 0 spiro atoms. The van der Waals surface area contributed by atoms with Gasteiger partial charge in [0.15, 0.2) is 11.8 Å². The average molecular weight is 246 g/mol. The number of aromatic nitrogens is 2. The Hall–Kier alpha value is -2.90. The molecule has 0 bridgehead atoms. The van der Waals surface area contributed by atoms with Gasteiger partial charge in [0.25, 0.3) is 5.69 Å². The summed E-state index contributed by atoms with van der Waals surface area (Å²) in [4.78, 5) is 39.4. The highest BCUT2D eigenvalue weighted by molar-refractivity contribution is 6.35. The molecule has 1 aromatic heterocycles. The zero-order valence-electron chi connectivity index (χ0n) is 8.86. The molecule has 0 radical (unpaired) electrons. The molecular formula is C10H6N4O4. The third-order valence-corrected chi connectivity index (χ3v) is 2.28. The molecule has 0 aliphatic heterocycles. The van der Waals surface area contributed by atoms with Crippen molar-refractivity contribution in [3.63, 3.8) is 0 Å². The molecule has 0 unspecified atom stereocenters. The lowest BCUT2D eigenvalue weighted by molar-refractivity contribution is -0.383. The predicted octanol–water partition coefficient (Wildman–Crippen LogP) is 0.502. The highest BCUT2D eigenvalue weighted by Gasteiger charge is 2.19. The fourth-order valence-corrected chi connectivity index (χ4v) is 1.56. The van der Waals surface area contributed by atoms with Crippen LogP contribution in [0.25, 0.3) is 10.9 Å². The van der Waals surface area contributed by atoms with Crippen molar-refractivity contribution >= 4 is 34.3 Å². The van der Waals surface area contributed by atoms with Crippen LogP contribution in [0.3, 0.4) is 0 Å². The third kappa shape index (κ3) is 1.75. The van der Waals surface area contributed by atoms with Crippen LogP contribution in [-0.2, 0) is 4.79 Å². The van der Waals surface area contributed by atoms with E-state index in [2.05, 4.69) is 9.97 Å². The van der Waals surface area contributed by atoms with Gasteiger partial charge in [-0.2, -0.15) is 0 Å². The number of nitro benzene ring substituents is 1. The molecule has 0 atom stereocenters. The number of Topliss-reactive ketones (excluding diaryl/α,β-unsaturated/α-hetero) is 1. The molecule has 90 valence electrons. The number of rotatable bonds is 3.